The van der Waals surface area contributed by atoms with Gasteiger partial charge in [-0.05, 0) is 22.6 Å². The SMILES string of the molecule is COC(=O)c1cnc(I)c(CCl)c1OC(F)(F)F. The Bertz CT molecular complexity index is 467. The second-order valence-corrected chi connectivity index (χ2v) is 4.23. The number of nitrogens with zero attached hydrogens (tertiary/aromatic N) is 1. The fourth-order valence-electron chi connectivity index (χ4n) is 1.12. The zero-order valence-corrected chi connectivity index (χ0v) is 11.8. The maximum Gasteiger partial charge on any atom is 0.573 e. The van der Waals surface area contributed by atoms with Crippen LogP contribution in [0, 0.1) is 3.70 Å². The van der Waals surface area contributed by atoms with Crippen molar-refractivity contribution >= 4 is 40.2 Å². The van der Waals surface area contributed by atoms with E-state index in [0.29, 0.717) is 0 Å². The molecule has 1 rings (SSSR count). The largest absolute Gasteiger partial charge is 0.573 e. The minimum atomic E-state index is -4.94. The van der Waals surface area contributed by atoms with Gasteiger partial charge >= 0.3 is 12.3 Å². The first-order valence-electron chi connectivity index (χ1n) is 4.37. The first-order chi connectivity index (χ1) is 8.30. The van der Waals surface area contributed by atoms with Crippen molar-refractivity contribution < 1.29 is 27.4 Å². The maximum atomic E-state index is 12.3. The highest BCUT2D eigenvalue weighted by Crippen LogP contribution is 2.33. The van der Waals surface area contributed by atoms with Crippen molar-refractivity contribution in [2.75, 3.05) is 7.11 Å². The Hall–Kier alpha value is -0.770. The second kappa shape index (κ2) is 5.91. The second-order valence-electron chi connectivity index (χ2n) is 2.94. The molecule has 4 nitrogen and oxygen atoms in total. The van der Waals surface area contributed by atoms with Gasteiger partial charge in [-0.2, -0.15) is 0 Å². The first kappa shape index (κ1) is 15.3. The molecule has 0 bridgehead atoms. The Morgan fingerprint density at radius 1 is 1.56 bits per heavy atom. The molecule has 0 saturated carbocycles. The van der Waals surface area contributed by atoms with Crippen LogP contribution >= 0.6 is 34.2 Å². The smallest absolute Gasteiger partial charge is 0.465 e. The summed E-state index contributed by atoms with van der Waals surface area (Å²) in [7, 11) is 1.04. The van der Waals surface area contributed by atoms with Gasteiger partial charge in [-0.15, -0.1) is 24.8 Å². The van der Waals surface area contributed by atoms with Gasteiger partial charge in [-0.1, -0.05) is 0 Å². The van der Waals surface area contributed by atoms with Gasteiger partial charge in [0.25, 0.3) is 0 Å². The molecule has 18 heavy (non-hydrogen) atoms. The summed E-state index contributed by atoms with van der Waals surface area (Å²) >= 11 is 7.24. The Morgan fingerprint density at radius 3 is 2.61 bits per heavy atom. The van der Waals surface area contributed by atoms with E-state index in [9.17, 15) is 18.0 Å². The predicted molar refractivity (Wildman–Crippen MR) is 64.5 cm³/mol. The lowest BCUT2D eigenvalue weighted by molar-refractivity contribution is -0.275. The topological polar surface area (TPSA) is 48.4 Å². The van der Waals surface area contributed by atoms with E-state index in [1.807, 2.05) is 0 Å². The third kappa shape index (κ3) is 3.61. The summed E-state index contributed by atoms with van der Waals surface area (Å²) in [6, 6.07) is 0. The molecule has 1 aromatic heterocycles. The van der Waals surface area contributed by atoms with Gasteiger partial charge in [0.2, 0.25) is 0 Å². The van der Waals surface area contributed by atoms with Gasteiger partial charge in [-0.25, -0.2) is 9.78 Å². The number of carbonyl (C=O) groups excluding carboxylic acids is 1. The van der Waals surface area contributed by atoms with E-state index in [2.05, 4.69) is 14.5 Å². The van der Waals surface area contributed by atoms with E-state index in [1.165, 1.54) is 0 Å². The molecule has 100 valence electrons. The molecule has 0 N–H and O–H groups in total. The molecule has 0 atom stereocenters. The van der Waals surface area contributed by atoms with Crippen molar-refractivity contribution in [2.45, 2.75) is 12.2 Å². The summed E-state index contributed by atoms with van der Waals surface area (Å²) in [5.74, 6) is -1.94. The lowest BCUT2D eigenvalue weighted by atomic mass is 10.2. The van der Waals surface area contributed by atoms with E-state index in [4.69, 9.17) is 11.6 Å². The molecule has 9 heteroatoms. The fraction of sp³-hybridized carbons (Fsp3) is 0.333. The third-order valence-corrected chi connectivity index (χ3v) is 3.03. The molecule has 0 aliphatic carbocycles. The maximum absolute atomic E-state index is 12.3. The molecule has 0 unspecified atom stereocenters. The third-order valence-electron chi connectivity index (χ3n) is 1.83. The Morgan fingerprint density at radius 2 is 2.17 bits per heavy atom. The number of ether oxygens (including phenoxy) is 2. The molecular weight excluding hydrogens is 389 g/mol. The number of rotatable bonds is 3. The first-order valence-corrected chi connectivity index (χ1v) is 5.99. The van der Waals surface area contributed by atoms with Crippen molar-refractivity contribution in [3.63, 3.8) is 0 Å². The minimum absolute atomic E-state index is 0.0162. The van der Waals surface area contributed by atoms with Crippen molar-refractivity contribution in [1.29, 1.82) is 0 Å². The Labute approximate surface area is 119 Å². The van der Waals surface area contributed by atoms with Gasteiger partial charge in [0.1, 0.15) is 9.26 Å². The van der Waals surface area contributed by atoms with E-state index in [0.717, 1.165) is 13.3 Å². The number of alkyl halides is 4. The Balaban J connectivity index is 3.39. The van der Waals surface area contributed by atoms with Crippen molar-refractivity contribution in [3.05, 3.63) is 21.0 Å². The highest BCUT2D eigenvalue weighted by atomic mass is 127. The zero-order chi connectivity index (χ0) is 13.9. The summed E-state index contributed by atoms with van der Waals surface area (Å²) in [4.78, 5) is 15.1. The molecule has 0 fully saturated rings. The van der Waals surface area contributed by atoms with Crippen molar-refractivity contribution in [3.8, 4) is 5.75 Å². The number of hydrogen-bond acceptors (Lipinski definition) is 4. The van der Waals surface area contributed by atoms with E-state index >= 15 is 0 Å². The number of methoxy groups -OCH3 is 1. The van der Waals surface area contributed by atoms with Crippen molar-refractivity contribution in [2.24, 2.45) is 0 Å². The van der Waals surface area contributed by atoms with Gasteiger partial charge < -0.3 is 9.47 Å². The van der Waals surface area contributed by atoms with Crippen molar-refractivity contribution in [1.82, 2.24) is 4.98 Å². The summed E-state index contributed by atoms with van der Waals surface area (Å²) in [6.07, 6.45) is -3.99. The molecule has 0 saturated heterocycles. The molecule has 1 aromatic rings. The molecule has 0 aliphatic rings. The van der Waals surface area contributed by atoms with Crippen LogP contribution in [0.15, 0.2) is 6.20 Å². The molecule has 0 radical (unpaired) electrons. The van der Waals surface area contributed by atoms with Crippen LogP contribution in [0.4, 0.5) is 13.2 Å². The van der Waals surface area contributed by atoms with Crippen LogP contribution < -0.4 is 4.74 Å². The number of pyridine rings is 1. The van der Waals surface area contributed by atoms with E-state index < -0.39 is 23.6 Å². The lowest BCUT2D eigenvalue weighted by Crippen LogP contribution is -2.21. The quantitative estimate of drug-likeness (QED) is 0.342. The highest BCUT2D eigenvalue weighted by Gasteiger charge is 2.35. The van der Waals surface area contributed by atoms with Crippen LogP contribution in [0.5, 0.6) is 5.75 Å². The monoisotopic (exact) mass is 395 g/mol. The molecule has 0 amide bonds. The van der Waals surface area contributed by atoms with Crippen LogP contribution in [0.25, 0.3) is 0 Å². The molecular formula is C9H6ClF3INO3. The highest BCUT2D eigenvalue weighted by molar-refractivity contribution is 14.1. The van der Waals surface area contributed by atoms with Crippen LogP contribution in [0.3, 0.4) is 0 Å². The summed E-state index contributed by atoms with van der Waals surface area (Å²) in [6.45, 7) is 0. The molecule has 0 aromatic carbocycles. The zero-order valence-electron chi connectivity index (χ0n) is 8.85. The minimum Gasteiger partial charge on any atom is -0.465 e. The fourth-order valence-corrected chi connectivity index (χ4v) is 2.17. The number of carbonyl (C=O) groups is 1. The van der Waals surface area contributed by atoms with Gasteiger partial charge in [0.05, 0.1) is 13.0 Å². The number of aromatic nitrogens is 1. The average molecular weight is 396 g/mol. The van der Waals surface area contributed by atoms with Gasteiger partial charge in [0.15, 0.2) is 5.75 Å². The normalized spacial score (nSPS) is 11.2. The molecule has 1 heterocycles. The number of halogens is 5. The molecule has 0 spiro atoms. The Kier molecular flexibility index (Phi) is 5.02. The van der Waals surface area contributed by atoms with Gasteiger partial charge in [0, 0.05) is 11.8 Å². The standard InChI is InChI=1S/C9H6ClF3INO3/c1-17-8(16)5-3-15-7(14)4(2-10)6(5)18-9(11,12)13/h3H,2H2,1H3. The van der Waals surface area contributed by atoms with Crippen LogP contribution in [-0.2, 0) is 10.6 Å². The van der Waals surface area contributed by atoms with Crippen LogP contribution in [0.1, 0.15) is 15.9 Å². The number of esters is 1. The van der Waals surface area contributed by atoms with E-state index in [1.54, 1.807) is 22.6 Å². The summed E-state index contributed by atoms with van der Waals surface area (Å²) in [5, 5.41) is 0. The van der Waals surface area contributed by atoms with Crippen LogP contribution in [-0.4, -0.2) is 24.4 Å². The predicted octanol–water partition coefficient (Wildman–Crippen LogP) is 3.11. The summed E-state index contributed by atoms with van der Waals surface area (Å²) < 4.78 is 45.3. The number of hydrogen-bond donors (Lipinski definition) is 0. The van der Waals surface area contributed by atoms with Gasteiger partial charge in [-0.3, -0.25) is 0 Å². The van der Waals surface area contributed by atoms with Crippen LogP contribution in [0.2, 0.25) is 0 Å². The average Bonchev–Trinajstić information content (AvgIpc) is 2.26. The summed E-state index contributed by atoms with van der Waals surface area (Å²) in [5.41, 5.74) is -0.441. The molecule has 0 aliphatic heterocycles. The lowest BCUT2D eigenvalue weighted by Gasteiger charge is -2.15. The van der Waals surface area contributed by atoms with E-state index in [-0.39, 0.29) is 15.1 Å².